The number of nitrogens with two attached hydrogens (primary N) is 1. The number of aromatic nitrogens is 1. The molecule has 0 fully saturated rings. The fourth-order valence-corrected chi connectivity index (χ4v) is 5.60. The maximum atomic E-state index is 13.9. The van der Waals surface area contributed by atoms with Gasteiger partial charge in [-0.3, -0.25) is 4.90 Å². The Kier molecular flexibility index (Phi) is 7.68. The van der Waals surface area contributed by atoms with Crippen molar-refractivity contribution in [3.8, 4) is 11.1 Å². The van der Waals surface area contributed by atoms with Crippen molar-refractivity contribution in [3.63, 3.8) is 0 Å². The standard InChI is InChI=1S/C33H35ClN4O4/c1-19-17-23-28(21-11-13-22(34)14-12-21)27(24(31(39)41-6)18-42-33(3,4)5)20(2)29-30(23)37(19)15-16-38(29)32(40)36-26-10-8-7-9-25(26)35/h7-14,17-18H,15-16,35H2,1-6H3,(H,36,40)/b24-18-. The van der Waals surface area contributed by atoms with Crippen molar-refractivity contribution < 1.29 is 19.1 Å². The molecule has 1 aliphatic heterocycles. The Morgan fingerprint density at radius 1 is 1.05 bits per heavy atom. The molecule has 1 aliphatic rings. The van der Waals surface area contributed by atoms with E-state index in [1.165, 1.54) is 13.4 Å². The van der Waals surface area contributed by atoms with Gasteiger partial charge in [0.2, 0.25) is 0 Å². The number of esters is 1. The molecule has 218 valence electrons. The largest absolute Gasteiger partial charge is 0.495 e. The molecule has 2 amide bonds. The fourth-order valence-electron chi connectivity index (χ4n) is 5.48. The van der Waals surface area contributed by atoms with E-state index in [1.807, 2.05) is 71.0 Å². The molecule has 0 saturated carbocycles. The van der Waals surface area contributed by atoms with Crippen LogP contribution < -0.4 is 16.0 Å². The van der Waals surface area contributed by atoms with Gasteiger partial charge in [0.15, 0.2) is 0 Å². The van der Waals surface area contributed by atoms with Gasteiger partial charge in [-0.2, -0.15) is 0 Å². The summed E-state index contributed by atoms with van der Waals surface area (Å²) < 4.78 is 13.5. The summed E-state index contributed by atoms with van der Waals surface area (Å²) >= 11 is 6.27. The summed E-state index contributed by atoms with van der Waals surface area (Å²) in [5.41, 5.74) is 12.5. The third-order valence-electron chi connectivity index (χ3n) is 7.38. The molecule has 0 bridgehead atoms. The predicted molar refractivity (Wildman–Crippen MR) is 170 cm³/mol. The third kappa shape index (κ3) is 5.30. The lowest BCUT2D eigenvalue weighted by Gasteiger charge is -2.33. The highest BCUT2D eigenvalue weighted by Gasteiger charge is 2.34. The number of urea groups is 1. The minimum Gasteiger partial charge on any atom is -0.495 e. The van der Waals surface area contributed by atoms with Crippen LogP contribution in [0.4, 0.5) is 21.9 Å². The molecule has 5 rings (SSSR count). The number of ether oxygens (including phenoxy) is 2. The van der Waals surface area contributed by atoms with Crippen molar-refractivity contribution in [3.05, 3.63) is 82.7 Å². The van der Waals surface area contributed by atoms with E-state index in [4.69, 9.17) is 26.8 Å². The maximum Gasteiger partial charge on any atom is 0.341 e. The average molecular weight is 587 g/mol. The molecule has 9 heteroatoms. The first-order chi connectivity index (χ1) is 19.9. The molecule has 4 aromatic rings. The monoisotopic (exact) mass is 586 g/mol. The third-order valence-corrected chi connectivity index (χ3v) is 7.63. The van der Waals surface area contributed by atoms with Crippen LogP contribution in [0, 0.1) is 13.8 Å². The number of nitrogen functional groups attached to an aromatic ring is 1. The molecule has 42 heavy (non-hydrogen) atoms. The minimum atomic E-state index is -0.562. The van der Waals surface area contributed by atoms with Crippen molar-refractivity contribution >= 4 is 57.1 Å². The summed E-state index contributed by atoms with van der Waals surface area (Å²) in [7, 11) is 1.35. The van der Waals surface area contributed by atoms with Gasteiger partial charge in [0.05, 0.1) is 41.6 Å². The van der Waals surface area contributed by atoms with Gasteiger partial charge in [0, 0.05) is 34.8 Å². The number of hydrogen-bond donors (Lipinski definition) is 2. The molecule has 0 radical (unpaired) electrons. The lowest BCUT2D eigenvalue weighted by Crippen LogP contribution is -2.41. The number of rotatable bonds is 5. The Labute approximate surface area is 250 Å². The lowest BCUT2D eigenvalue weighted by atomic mass is 9.86. The zero-order valence-corrected chi connectivity index (χ0v) is 25.4. The summed E-state index contributed by atoms with van der Waals surface area (Å²) in [6, 6.07) is 16.4. The maximum absolute atomic E-state index is 13.9. The molecule has 0 saturated heterocycles. The zero-order valence-electron chi connectivity index (χ0n) is 24.7. The lowest BCUT2D eigenvalue weighted by molar-refractivity contribution is -0.133. The number of nitrogens with one attached hydrogen (secondary N) is 1. The number of halogens is 1. The Morgan fingerprint density at radius 2 is 1.74 bits per heavy atom. The summed E-state index contributed by atoms with van der Waals surface area (Å²) in [6.07, 6.45) is 1.47. The van der Waals surface area contributed by atoms with Crippen LogP contribution in [0.2, 0.25) is 5.02 Å². The normalized spacial score (nSPS) is 13.3. The minimum absolute atomic E-state index is 0.247. The SMILES string of the molecule is COC(=O)/C(=C\OC(C)(C)C)c1c(C)c2c3c(cc(C)n3CCN2C(=O)Nc2ccccc2N)c1-c1ccc(Cl)cc1. The summed E-state index contributed by atoms with van der Waals surface area (Å²) in [4.78, 5) is 29.0. The highest BCUT2D eigenvalue weighted by atomic mass is 35.5. The van der Waals surface area contributed by atoms with Crippen molar-refractivity contribution in [2.24, 2.45) is 0 Å². The van der Waals surface area contributed by atoms with Crippen LogP contribution in [0.5, 0.6) is 0 Å². The number of carbonyl (C=O) groups excluding carboxylic acids is 2. The topological polar surface area (TPSA) is 98.8 Å². The van der Waals surface area contributed by atoms with Crippen LogP contribution in [0.1, 0.15) is 37.6 Å². The predicted octanol–water partition coefficient (Wildman–Crippen LogP) is 7.54. The van der Waals surface area contributed by atoms with Crippen molar-refractivity contribution in [1.82, 2.24) is 4.57 Å². The highest BCUT2D eigenvalue weighted by Crippen LogP contribution is 2.47. The van der Waals surface area contributed by atoms with E-state index in [0.717, 1.165) is 33.3 Å². The molecule has 2 heterocycles. The molecule has 1 aromatic heterocycles. The van der Waals surface area contributed by atoms with E-state index in [9.17, 15) is 9.59 Å². The molecular formula is C33H35ClN4O4. The average Bonchev–Trinajstić information content (AvgIpc) is 3.28. The van der Waals surface area contributed by atoms with Gasteiger partial charge in [-0.25, -0.2) is 9.59 Å². The number of carbonyl (C=O) groups is 2. The summed E-state index contributed by atoms with van der Waals surface area (Å²) in [5, 5.41) is 4.47. The van der Waals surface area contributed by atoms with Crippen molar-refractivity contribution in [2.75, 3.05) is 29.6 Å². The molecule has 0 atom stereocenters. The van der Waals surface area contributed by atoms with E-state index in [1.54, 1.807) is 17.0 Å². The van der Waals surface area contributed by atoms with Crippen LogP contribution in [0.3, 0.4) is 0 Å². The number of para-hydroxylation sites is 2. The Bertz CT molecular complexity index is 1730. The summed E-state index contributed by atoms with van der Waals surface area (Å²) in [6.45, 7) is 10.7. The quantitative estimate of drug-likeness (QED) is 0.109. The van der Waals surface area contributed by atoms with Crippen LogP contribution >= 0.6 is 11.6 Å². The van der Waals surface area contributed by atoms with E-state index >= 15 is 0 Å². The van der Waals surface area contributed by atoms with Crippen molar-refractivity contribution in [2.45, 2.75) is 46.8 Å². The first-order valence-corrected chi connectivity index (χ1v) is 14.1. The molecule has 8 nitrogen and oxygen atoms in total. The molecule has 0 spiro atoms. The van der Waals surface area contributed by atoms with Gasteiger partial charge < -0.3 is 25.1 Å². The van der Waals surface area contributed by atoms with Gasteiger partial charge >= 0.3 is 12.0 Å². The molecule has 3 aromatic carbocycles. The number of benzene rings is 3. The Hall–Kier alpha value is -4.43. The van der Waals surface area contributed by atoms with E-state index < -0.39 is 11.6 Å². The number of methoxy groups -OCH3 is 1. The van der Waals surface area contributed by atoms with E-state index in [0.29, 0.717) is 40.7 Å². The van der Waals surface area contributed by atoms with E-state index in [2.05, 4.69) is 16.0 Å². The van der Waals surface area contributed by atoms with Crippen LogP contribution in [-0.2, 0) is 20.8 Å². The second kappa shape index (κ2) is 11.1. The molecule has 3 N–H and O–H groups in total. The van der Waals surface area contributed by atoms with Crippen LogP contribution in [0.25, 0.3) is 27.6 Å². The van der Waals surface area contributed by atoms with Gasteiger partial charge in [0.25, 0.3) is 0 Å². The zero-order chi connectivity index (χ0) is 30.3. The second-order valence-electron chi connectivity index (χ2n) is 11.4. The van der Waals surface area contributed by atoms with Gasteiger partial charge in [-0.1, -0.05) is 35.9 Å². The Morgan fingerprint density at radius 3 is 2.38 bits per heavy atom. The summed E-state index contributed by atoms with van der Waals surface area (Å²) in [5.74, 6) is -0.552. The second-order valence-corrected chi connectivity index (χ2v) is 11.8. The molecule has 0 aliphatic carbocycles. The van der Waals surface area contributed by atoms with Crippen molar-refractivity contribution in [1.29, 1.82) is 0 Å². The number of nitrogens with zero attached hydrogens (tertiary/aromatic N) is 2. The number of amides is 2. The fraction of sp³-hybridized carbons (Fsp3) is 0.273. The van der Waals surface area contributed by atoms with Crippen LogP contribution in [-0.4, -0.2) is 35.8 Å². The van der Waals surface area contributed by atoms with Gasteiger partial charge in [-0.15, -0.1) is 0 Å². The molecular weight excluding hydrogens is 552 g/mol. The van der Waals surface area contributed by atoms with E-state index in [-0.39, 0.29) is 11.6 Å². The first-order valence-electron chi connectivity index (χ1n) is 13.7. The number of anilines is 3. The molecule has 0 unspecified atom stereocenters. The number of aryl methyl sites for hydroxylation is 1. The number of hydrogen-bond acceptors (Lipinski definition) is 5. The van der Waals surface area contributed by atoms with Gasteiger partial charge in [-0.05, 0) is 81.6 Å². The van der Waals surface area contributed by atoms with Gasteiger partial charge in [0.1, 0.15) is 5.57 Å². The smallest absolute Gasteiger partial charge is 0.341 e. The Balaban J connectivity index is 1.83. The highest BCUT2D eigenvalue weighted by molar-refractivity contribution is 6.30. The van der Waals surface area contributed by atoms with Crippen LogP contribution in [0.15, 0.2) is 60.9 Å². The first kappa shape index (κ1) is 29.1.